The quantitative estimate of drug-likeness (QED) is 0.310. The smallest absolute Gasteiger partial charge is 0.254 e. The zero-order chi connectivity index (χ0) is 24.9. The van der Waals surface area contributed by atoms with E-state index in [-0.39, 0.29) is 17.4 Å². The van der Waals surface area contributed by atoms with E-state index in [1.54, 1.807) is 55.5 Å². The second-order valence-electron chi connectivity index (χ2n) is 7.65. The van der Waals surface area contributed by atoms with E-state index >= 15 is 0 Å². The van der Waals surface area contributed by atoms with Crippen molar-refractivity contribution in [3.05, 3.63) is 110 Å². The van der Waals surface area contributed by atoms with Crippen molar-refractivity contribution in [3.8, 4) is 6.07 Å². The van der Waals surface area contributed by atoms with Crippen molar-refractivity contribution in [1.29, 1.82) is 5.26 Å². The standard InChI is InChI=1S/C26H19BrClN3O3S/c1-15-23(25(33)31-19-10-8-18(28)9-11-19)24(22-3-2-12-34-22)20(13-29)26(30-15)35-14-21(32)16-4-6-17(27)7-5-16/h2-12,24,30H,14H2,1H3,(H,31,33)/t24-/m0/s1. The Bertz CT molecular complexity index is 1360. The van der Waals surface area contributed by atoms with E-state index in [4.69, 9.17) is 16.0 Å². The Morgan fingerprint density at radius 2 is 1.89 bits per heavy atom. The summed E-state index contributed by atoms with van der Waals surface area (Å²) in [7, 11) is 0. The molecule has 2 heterocycles. The van der Waals surface area contributed by atoms with Gasteiger partial charge in [0.15, 0.2) is 5.78 Å². The number of Topliss-reactive ketones (excluding diaryl/α,β-unsaturated/α-hetero) is 1. The maximum Gasteiger partial charge on any atom is 0.254 e. The molecule has 176 valence electrons. The van der Waals surface area contributed by atoms with Gasteiger partial charge in [-0.1, -0.05) is 51.4 Å². The van der Waals surface area contributed by atoms with Crippen LogP contribution >= 0.6 is 39.3 Å². The number of hydrogen-bond acceptors (Lipinski definition) is 6. The highest BCUT2D eigenvalue weighted by Crippen LogP contribution is 2.41. The SMILES string of the molecule is CC1=C(C(=O)Nc2ccc(Cl)cc2)[C@H](c2ccco2)C(C#N)=C(SCC(=O)c2ccc(Br)cc2)N1. The van der Waals surface area contributed by atoms with Crippen LogP contribution in [0, 0.1) is 11.3 Å². The Kier molecular flexibility index (Phi) is 7.81. The number of amides is 1. The molecule has 0 saturated carbocycles. The van der Waals surface area contributed by atoms with Gasteiger partial charge in [0.1, 0.15) is 5.76 Å². The number of anilines is 1. The van der Waals surface area contributed by atoms with Gasteiger partial charge in [-0.2, -0.15) is 5.26 Å². The van der Waals surface area contributed by atoms with Gasteiger partial charge in [0.2, 0.25) is 0 Å². The number of dihydropyridines is 1. The number of carbonyl (C=O) groups is 2. The molecule has 4 rings (SSSR count). The number of nitrogens with one attached hydrogen (secondary N) is 2. The fourth-order valence-electron chi connectivity index (χ4n) is 3.66. The number of hydrogen-bond donors (Lipinski definition) is 2. The number of ketones is 1. The summed E-state index contributed by atoms with van der Waals surface area (Å²) in [5, 5.41) is 17.2. The zero-order valence-corrected chi connectivity index (χ0v) is 21.6. The van der Waals surface area contributed by atoms with Gasteiger partial charge in [-0.3, -0.25) is 9.59 Å². The van der Waals surface area contributed by atoms with Crippen LogP contribution in [0.2, 0.25) is 5.02 Å². The fraction of sp³-hybridized carbons (Fsp3) is 0.115. The number of allylic oxidation sites excluding steroid dienone is 2. The van der Waals surface area contributed by atoms with Gasteiger partial charge in [0.05, 0.1) is 40.2 Å². The topological polar surface area (TPSA) is 95.1 Å². The lowest BCUT2D eigenvalue weighted by atomic mass is 9.85. The number of rotatable bonds is 7. The van der Waals surface area contributed by atoms with Crippen LogP contribution in [0.15, 0.2) is 97.7 Å². The van der Waals surface area contributed by atoms with Crippen LogP contribution in [-0.2, 0) is 4.79 Å². The number of halogens is 2. The van der Waals surface area contributed by atoms with Crippen LogP contribution in [0.3, 0.4) is 0 Å². The summed E-state index contributed by atoms with van der Waals surface area (Å²) in [6.45, 7) is 1.76. The number of nitrogens with zero attached hydrogens (tertiary/aromatic N) is 1. The summed E-state index contributed by atoms with van der Waals surface area (Å²) in [4.78, 5) is 26.0. The molecule has 0 bridgehead atoms. The molecule has 0 aliphatic carbocycles. The minimum atomic E-state index is -0.728. The van der Waals surface area contributed by atoms with E-state index in [2.05, 4.69) is 32.6 Å². The van der Waals surface area contributed by atoms with Gasteiger partial charge in [0.25, 0.3) is 5.91 Å². The van der Waals surface area contributed by atoms with Gasteiger partial charge >= 0.3 is 0 Å². The lowest BCUT2D eigenvalue weighted by Gasteiger charge is -2.28. The molecule has 0 spiro atoms. The third-order valence-electron chi connectivity index (χ3n) is 5.34. The summed E-state index contributed by atoms with van der Waals surface area (Å²) >= 11 is 10.5. The summed E-state index contributed by atoms with van der Waals surface area (Å²) in [5.41, 5.74) is 2.38. The normalized spacial score (nSPS) is 15.4. The van der Waals surface area contributed by atoms with Gasteiger partial charge in [-0.15, -0.1) is 0 Å². The molecule has 2 N–H and O–H groups in total. The van der Waals surface area contributed by atoms with Gasteiger partial charge in [0, 0.05) is 26.4 Å². The minimum absolute atomic E-state index is 0.0726. The van der Waals surface area contributed by atoms with Crippen LogP contribution < -0.4 is 10.6 Å². The Morgan fingerprint density at radius 3 is 2.51 bits per heavy atom. The first-order chi connectivity index (χ1) is 16.9. The number of nitriles is 1. The first-order valence-electron chi connectivity index (χ1n) is 10.5. The van der Waals surface area contributed by atoms with E-state index in [1.807, 2.05) is 12.1 Å². The number of furan rings is 1. The third-order valence-corrected chi connectivity index (χ3v) is 7.13. The van der Waals surface area contributed by atoms with E-state index in [0.717, 1.165) is 4.47 Å². The molecular weight excluding hydrogens is 550 g/mol. The summed E-state index contributed by atoms with van der Waals surface area (Å²) in [5.74, 6) is -0.590. The lowest BCUT2D eigenvalue weighted by molar-refractivity contribution is -0.113. The van der Waals surface area contributed by atoms with E-state index in [1.165, 1.54) is 18.0 Å². The molecule has 9 heteroatoms. The molecule has 0 radical (unpaired) electrons. The van der Waals surface area contributed by atoms with Gasteiger partial charge in [-0.25, -0.2) is 0 Å². The van der Waals surface area contributed by atoms with Gasteiger partial charge in [-0.05, 0) is 55.5 Å². The van der Waals surface area contributed by atoms with Crippen molar-refractivity contribution in [3.63, 3.8) is 0 Å². The molecule has 1 aromatic heterocycles. The van der Waals surface area contributed by atoms with E-state index in [9.17, 15) is 14.9 Å². The average Bonchev–Trinajstić information content (AvgIpc) is 3.38. The summed E-state index contributed by atoms with van der Waals surface area (Å²) in [6, 6.07) is 19.5. The Balaban J connectivity index is 1.62. The van der Waals surface area contributed by atoms with Crippen molar-refractivity contribution in [2.45, 2.75) is 12.8 Å². The van der Waals surface area contributed by atoms with Crippen LogP contribution in [0.25, 0.3) is 0 Å². The first kappa shape index (κ1) is 24.9. The van der Waals surface area contributed by atoms with Gasteiger partial charge < -0.3 is 15.1 Å². The highest BCUT2D eigenvalue weighted by Gasteiger charge is 2.36. The fourth-order valence-corrected chi connectivity index (χ4v) is 5.03. The second-order valence-corrected chi connectivity index (χ2v) is 9.98. The number of benzene rings is 2. The molecule has 0 fully saturated rings. The first-order valence-corrected chi connectivity index (χ1v) is 12.7. The molecule has 6 nitrogen and oxygen atoms in total. The Labute approximate surface area is 220 Å². The largest absolute Gasteiger partial charge is 0.468 e. The van der Waals surface area contributed by atoms with E-state index in [0.29, 0.717) is 43.9 Å². The van der Waals surface area contributed by atoms with Crippen LogP contribution in [0.4, 0.5) is 5.69 Å². The molecule has 1 atom stereocenters. The predicted octanol–water partition coefficient (Wildman–Crippen LogP) is 6.65. The van der Waals surface area contributed by atoms with Crippen LogP contribution in [0.5, 0.6) is 0 Å². The lowest BCUT2D eigenvalue weighted by Crippen LogP contribution is -2.30. The van der Waals surface area contributed by atoms with Crippen LogP contribution in [-0.4, -0.2) is 17.4 Å². The highest BCUT2D eigenvalue weighted by molar-refractivity contribution is 9.10. The van der Waals surface area contributed by atoms with Crippen molar-refractivity contribution in [2.24, 2.45) is 0 Å². The molecule has 35 heavy (non-hydrogen) atoms. The number of carbonyl (C=O) groups excluding carboxylic acids is 2. The predicted molar refractivity (Wildman–Crippen MR) is 141 cm³/mol. The molecular formula is C26H19BrClN3O3S. The molecule has 0 unspecified atom stereocenters. The monoisotopic (exact) mass is 567 g/mol. The van der Waals surface area contributed by atoms with E-state index < -0.39 is 5.92 Å². The Morgan fingerprint density at radius 1 is 1.17 bits per heavy atom. The van der Waals surface area contributed by atoms with Crippen LogP contribution in [0.1, 0.15) is 29.0 Å². The summed E-state index contributed by atoms with van der Waals surface area (Å²) in [6.07, 6.45) is 1.50. The minimum Gasteiger partial charge on any atom is -0.468 e. The molecule has 1 aliphatic rings. The maximum absolute atomic E-state index is 13.3. The summed E-state index contributed by atoms with van der Waals surface area (Å²) < 4.78 is 6.51. The highest BCUT2D eigenvalue weighted by atomic mass is 79.9. The van der Waals surface area contributed by atoms with Crippen molar-refractivity contribution >= 4 is 56.7 Å². The van der Waals surface area contributed by atoms with Crippen molar-refractivity contribution in [1.82, 2.24) is 5.32 Å². The molecule has 1 amide bonds. The Hall–Kier alpha value is -3.25. The third kappa shape index (κ3) is 5.70. The molecule has 3 aromatic rings. The second kappa shape index (κ2) is 11.0. The molecule has 2 aromatic carbocycles. The van der Waals surface area contributed by atoms with Crippen molar-refractivity contribution in [2.75, 3.05) is 11.1 Å². The molecule has 1 aliphatic heterocycles. The zero-order valence-electron chi connectivity index (χ0n) is 18.5. The van der Waals surface area contributed by atoms with Crippen molar-refractivity contribution < 1.29 is 14.0 Å². The maximum atomic E-state index is 13.3. The average molecular weight is 569 g/mol. The number of thioether (sulfide) groups is 1. The molecule has 0 saturated heterocycles.